The fourth-order valence-corrected chi connectivity index (χ4v) is 2.44. The topological polar surface area (TPSA) is 52.3 Å². The molecule has 0 radical (unpaired) electrons. The van der Waals surface area contributed by atoms with Gasteiger partial charge in [0.2, 0.25) is 4.96 Å². The van der Waals surface area contributed by atoms with Gasteiger partial charge in [-0.15, -0.1) is 10.2 Å². The maximum atomic E-state index is 5.35. The summed E-state index contributed by atoms with van der Waals surface area (Å²) in [4.78, 5) is 0.795. The standard InChI is InChI=1S/C12H12N4OS/c1-2-17-8-10-15-16-11(13-14-12(16)18-10)9-6-4-3-5-7-9/h3-7H,2,8H2,1H3. The summed E-state index contributed by atoms with van der Waals surface area (Å²) < 4.78 is 7.12. The Morgan fingerprint density at radius 1 is 1.22 bits per heavy atom. The predicted molar refractivity (Wildman–Crippen MR) is 69.4 cm³/mol. The lowest BCUT2D eigenvalue weighted by Crippen LogP contribution is -1.95. The van der Waals surface area contributed by atoms with Crippen LogP contribution in [0.1, 0.15) is 11.9 Å². The third kappa shape index (κ3) is 2.00. The van der Waals surface area contributed by atoms with Gasteiger partial charge in [-0.05, 0) is 6.92 Å². The van der Waals surface area contributed by atoms with E-state index in [4.69, 9.17) is 4.74 Å². The average Bonchev–Trinajstić information content (AvgIpc) is 2.96. The number of hydrogen-bond donors (Lipinski definition) is 0. The lowest BCUT2D eigenvalue weighted by Gasteiger charge is -1.96. The van der Waals surface area contributed by atoms with Crippen molar-refractivity contribution in [3.63, 3.8) is 0 Å². The van der Waals surface area contributed by atoms with Crippen LogP contribution in [0, 0.1) is 0 Å². The van der Waals surface area contributed by atoms with Crippen LogP contribution in [0.3, 0.4) is 0 Å². The first-order valence-electron chi connectivity index (χ1n) is 5.72. The third-order valence-corrected chi connectivity index (χ3v) is 3.37. The van der Waals surface area contributed by atoms with E-state index in [1.54, 1.807) is 4.52 Å². The molecule has 3 rings (SSSR count). The van der Waals surface area contributed by atoms with Crippen LogP contribution in [-0.2, 0) is 11.3 Å². The molecule has 1 aromatic carbocycles. The van der Waals surface area contributed by atoms with Gasteiger partial charge >= 0.3 is 0 Å². The molecule has 0 unspecified atom stereocenters. The number of fused-ring (bicyclic) bond motifs is 1. The van der Waals surface area contributed by atoms with E-state index < -0.39 is 0 Å². The maximum absolute atomic E-state index is 5.35. The van der Waals surface area contributed by atoms with Gasteiger partial charge in [-0.25, -0.2) is 0 Å². The molecule has 0 aliphatic heterocycles. The Hall–Kier alpha value is -1.79. The first kappa shape index (κ1) is 11.3. The Bertz CT molecular complexity index is 646. The number of benzene rings is 1. The molecule has 6 heteroatoms. The van der Waals surface area contributed by atoms with Gasteiger partial charge in [0.1, 0.15) is 11.6 Å². The highest BCUT2D eigenvalue weighted by molar-refractivity contribution is 7.16. The van der Waals surface area contributed by atoms with Gasteiger partial charge in [0.15, 0.2) is 5.82 Å². The molecule has 0 aliphatic rings. The van der Waals surface area contributed by atoms with Crippen molar-refractivity contribution in [1.29, 1.82) is 0 Å². The molecule has 0 aliphatic carbocycles. The Morgan fingerprint density at radius 3 is 2.83 bits per heavy atom. The van der Waals surface area contributed by atoms with Gasteiger partial charge < -0.3 is 4.74 Å². The van der Waals surface area contributed by atoms with Crippen LogP contribution in [0.5, 0.6) is 0 Å². The summed E-state index contributed by atoms with van der Waals surface area (Å²) in [5.41, 5.74) is 1.01. The van der Waals surface area contributed by atoms with Crippen molar-refractivity contribution in [1.82, 2.24) is 19.8 Å². The number of ether oxygens (including phenoxy) is 1. The molecule has 2 aromatic heterocycles. The van der Waals surface area contributed by atoms with E-state index in [1.165, 1.54) is 11.3 Å². The van der Waals surface area contributed by atoms with Crippen LogP contribution in [0.25, 0.3) is 16.3 Å². The van der Waals surface area contributed by atoms with Crippen molar-refractivity contribution in [2.24, 2.45) is 0 Å². The van der Waals surface area contributed by atoms with Gasteiger partial charge in [-0.3, -0.25) is 0 Å². The molecule has 0 spiro atoms. The molecule has 2 heterocycles. The Kier molecular flexibility index (Phi) is 3.04. The normalized spacial score (nSPS) is 11.2. The van der Waals surface area contributed by atoms with Crippen molar-refractivity contribution in [2.45, 2.75) is 13.5 Å². The minimum absolute atomic E-state index is 0.527. The van der Waals surface area contributed by atoms with E-state index in [0.29, 0.717) is 13.2 Å². The van der Waals surface area contributed by atoms with E-state index >= 15 is 0 Å². The van der Waals surface area contributed by atoms with Crippen LogP contribution in [-0.4, -0.2) is 26.4 Å². The van der Waals surface area contributed by atoms with Gasteiger partial charge in [0.25, 0.3) is 0 Å². The Balaban J connectivity index is 2.01. The lowest BCUT2D eigenvalue weighted by molar-refractivity contribution is 0.133. The second kappa shape index (κ2) is 4.83. The molecule has 18 heavy (non-hydrogen) atoms. The summed E-state index contributed by atoms with van der Waals surface area (Å²) in [6.45, 7) is 3.18. The first-order chi connectivity index (χ1) is 8.88. The van der Waals surface area contributed by atoms with Gasteiger partial charge in [0.05, 0.1) is 0 Å². The minimum Gasteiger partial charge on any atom is -0.374 e. The van der Waals surface area contributed by atoms with Gasteiger partial charge in [-0.1, -0.05) is 41.7 Å². The van der Waals surface area contributed by atoms with E-state index in [-0.39, 0.29) is 0 Å². The number of aromatic nitrogens is 4. The largest absolute Gasteiger partial charge is 0.374 e. The van der Waals surface area contributed by atoms with Crippen molar-refractivity contribution in [3.8, 4) is 11.4 Å². The van der Waals surface area contributed by atoms with Crippen molar-refractivity contribution in [2.75, 3.05) is 6.61 Å². The minimum atomic E-state index is 0.527. The SMILES string of the molecule is CCOCc1nn2c(-c3ccccc3)nnc2s1. The van der Waals surface area contributed by atoms with Crippen LogP contribution < -0.4 is 0 Å². The molecule has 3 aromatic rings. The highest BCUT2D eigenvalue weighted by atomic mass is 32.1. The summed E-state index contributed by atoms with van der Waals surface area (Å²) in [6, 6.07) is 9.92. The van der Waals surface area contributed by atoms with Crippen molar-refractivity contribution in [3.05, 3.63) is 35.3 Å². The molecule has 0 saturated carbocycles. The molecule has 0 N–H and O–H groups in total. The zero-order chi connectivity index (χ0) is 12.4. The van der Waals surface area contributed by atoms with E-state index in [0.717, 1.165) is 21.4 Å². The van der Waals surface area contributed by atoms with E-state index in [1.807, 2.05) is 37.3 Å². The Morgan fingerprint density at radius 2 is 2.06 bits per heavy atom. The molecule has 5 nitrogen and oxygen atoms in total. The number of hydrogen-bond acceptors (Lipinski definition) is 5. The highest BCUT2D eigenvalue weighted by Crippen LogP contribution is 2.21. The first-order valence-corrected chi connectivity index (χ1v) is 6.54. The zero-order valence-corrected chi connectivity index (χ0v) is 10.7. The van der Waals surface area contributed by atoms with Crippen LogP contribution in [0.15, 0.2) is 30.3 Å². The second-order valence-electron chi connectivity index (χ2n) is 3.72. The molecule has 0 bridgehead atoms. The average molecular weight is 260 g/mol. The molecular weight excluding hydrogens is 248 g/mol. The smallest absolute Gasteiger partial charge is 0.235 e. The zero-order valence-electron chi connectivity index (χ0n) is 9.91. The maximum Gasteiger partial charge on any atom is 0.235 e. The van der Waals surface area contributed by atoms with Gasteiger partial charge in [-0.2, -0.15) is 9.61 Å². The summed E-state index contributed by atoms with van der Waals surface area (Å²) in [5, 5.41) is 13.7. The fourth-order valence-electron chi connectivity index (χ4n) is 1.67. The van der Waals surface area contributed by atoms with E-state index in [2.05, 4.69) is 15.3 Å². The van der Waals surface area contributed by atoms with Gasteiger partial charge in [0, 0.05) is 12.2 Å². The molecule has 0 fully saturated rings. The molecule has 0 saturated heterocycles. The summed E-state index contributed by atoms with van der Waals surface area (Å²) in [6.07, 6.45) is 0. The number of rotatable bonds is 4. The Labute approximate surface area is 108 Å². The fraction of sp³-hybridized carbons (Fsp3) is 0.250. The van der Waals surface area contributed by atoms with Crippen LogP contribution in [0.2, 0.25) is 0 Å². The van der Waals surface area contributed by atoms with Crippen LogP contribution >= 0.6 is 11.3 Å². The van der Waals surface area contributed by atoms with E-state index in [9.17, 15) is 0 Å². The molecule has 0 atom stereocenters. The number of nitrogens with zero attached hydrogens (tertiary/aromatic N) is 4. The third-order valence-electron chi connectivity index (χ3n) is 2.49. The predicted octanol–water partition coefficient (Wildman–Crippen LogP) is 2.39. The lowest BCUT2D eigenvalue weighted by atomic mass is 10.2. The van der Waals surface area contributed by atoms with Crippen molar-refractivity contribution < 1.29 is 4.74 Å². The quantitative estimate of drug-likeness (QED) is 0.722. The second-order valence-corrected chi connectivity index (χ2v) is 4.76. The summed E-state index contributed by atoms with van der Waals surface area (Å²) >= 11 is 1.51. The molecular formula is C12H12N4OS. The van der Waals surface area contributed by atoms with Crippen LogP contribution in [0.4, 0.5) is 0 Å². The summed E-state index contributed by atoms with van der Waals surface area (Å²) in [5.74, 6) is 0.768. The summed E-state index contributed by atoms with van der Waals surface area (Å²) in [7, 11) is 0. The molecule has 0 amide bonds. The monoisotopic (exact) mass is 260 g/mol. The van der Waals surface area contributed by atoms with Crippen molar-refractivity contribution >= 4 is 16.3 Å². The molecule has 92 valence electrons. The highest BCUT2D eigenvalue weighted by Gasteiger charge is 2.12.